The number of hydrogen-bond donors (Lipinski definition) is 1. The molecule has 0 saturated carbocycles. The highest BCUT2D eigenvalue weighted by atomic mass is 19.1. The average Bonchev–Trinajstić information content (AvgIpc) is 2.37. The SMILES string of the molecule is CC(=O)c1cc(F)ccc1C=CCCNC(=O)OC(C)(C)C. The number of halogens is 1. The number of benzene rings is 1. The third-order valence-corrected chi connectivity index (χ3v) is 2.67. The summed E-state index contributed by atoms with van der Waals surface area (Å²) in [5.41, 5.74) is 0.479. The molecule has 22 heavy (non-hydrogen) atoms. The zero-order valence-corrected chi connectivity index (χ0v) is 13.4. The number of carbonyl (C=O) groups is 2. The molecule has 0 radical (unpaired) electrons. The Labute approximate surface area is 130 Å². The van der Waals surface area contributed by atoms with Crippen molar-refractivity contribution in [1.29, 1.82) is 0 Å². The van der Waals surface area contributed by atoms with Crippen LogP contribution in [0.3, 0.4) is 0 Å². The molecule has 0 atom stereocenters. The predicted molar refractivity (Wildman–Crippen MR) is 84.3 cm³/mol. The van der Waals surface area contributed by atoms with Crippen LogP contribution in [0.4, 0.5) is 9.18 Å². The van der Waals surface area contributed by atoms with E-state index < -0.39 is 17.5 Å². The lowest BCUT2D eigenvalue weighted by molar-refractivity contribution is 0.0528. The van der Waals surface area contributed by atoms with E-state index in [2.05, 4.69) is 5.32 Å². The van der Waals surface area contributed by atoms with Crippen LogP contribution in [0, 0.1) is 5.82 Å². The first kappa shape index (κ1) is 17.9. The minimum atomic E-state index is -0.523. The number of carbonyl (C=O) groups excluding carboxylic acids is 2. The van der Waals surface area contributed by atoms with Gasteiger partial charge in [-0.1, -0.05) is 18.2 Å². The van der Waals surface area contributed by atoms with Crippen LogP contribution in [0.15, 0.2) is 24.3 Å². The van der Waals surface area contributed by atoms with E-state index in [0.29, 0.717) is 24.1 Å². The maximum absolute atomic E-state index is 13.1. The van der Waals surface area contributed by atoms with Gasteiger partial charge in [0.25, 0.3) is 0 Å². The van der Waals surface area contributed by atoms with E-state index in [4.69, 9.17) is 4.74 Å². The van der Waals surface area contributed by atoms with Crippen molar-refractivity contribution in [2.24, 2.45) is 0 Å². The van der Waals surface area contributed by atoms with Crippen molar-refractivity contribution in [3.8, 4) is 0 Å². The van der Waals surface area contributed by atoms with Crippen LogP contribution < -0.4 is 5.32 Å². The lowest BCUT2D eigenvalue weighted by atomic mass is 10.0. The summed E-state index contributed by atoms with van der Waals surface area (Å²) in [7, 11) is 0. The first-order chi connectivity index (χ1) is 10.2. The zero-order chi connectivity index (χ0) is 16.8. The number of nitrogens with one attached hydrogen (secondary N) is 1. The fraction of sp³-hybridized carbons (Fsp3) is 0.412. The molecule has 0 aromatic heterocycles. The van der Waals surface area contributed by atoms with Gasteiger partial charge in [0.1, 0.15) is 11.4 Å². The third-order valence-electron chi connectivity index (χ3n) is 2.67. The Balaban J connectivity index is 2.50. The van der Waals surface area contributed by atoms with E-state index in [0.717, 1.165) is 0 Å². The Morgan fingerprint density at radius 3 is 2.59 bits per heavy atom. The molecule has 1 amide bonds. The maximum Gasteiger partial charge on any atom is 0.407 e. The van der Waals surface area contributed by atoms with E-state index in [9.17, 15) is 14.0 Å². The molecular formula is C17H22FNO3. The van der Waals surface area contributed by atoms with Crippen LogP contribution in [0.25, 0.3) is 6.08 Å². The molecule has 1 rings (SSSR count). The molecule has 0 heterocycles. The lowest BCUT2D eigenvalue weighted by Crippen LogP contribution is -2.32. The van der Waals surface area contributed by atoms with Gasteiger partial charge in [-0.05, 0) is 51.8 Å². The molecule has 120 valence electrons. The summed E-state index contributed by atoms with van der Waals surface area (Å²) < 4.78 is 18.2. The summed E-state index contributed by atoms with van der Waals surface area (Å²) >= 11 is 0. The van der Waals surface area contributed by atoms with Crippen molar-refractivity contribution < 1.29 is 18.7 Å². The fourth-order valence-electron chi connectivity index (χ4n) is 1.76. The lowest BCUT2D eigenvalue weighted by Gasteiger charge is -2.19. The van der Waals surface area contributed by atoms with Gasteiger partial charge in [0.2, 0.25) is 0 Å². The Morgan fingerprint density at radius 2 is 2.00 bits per heavy atom. The summed E-state index contributed by atoms with van der Waals surface area (Å²) in [6.45, 7) is 7.21. The summed E-state index contributed by atoms with van der Waals surface area (Å²) in [6.07, 6.45) is 3.67. The van der Waals surface area contributed by atoms with Gasteiger partial charge in [-0.2, -0.15) is 0 Å². The topological polar surface area (TPSA) is 55.4 Å². The van der Waals surface area contributed by atoms with E-state index in [-0.39, 0.29) is 5.78 Å². The molecule has 0 aliphatic rings. The van der Waals surface area contributed by atoms with E-state index in [1.165, 1.54) is 19.1 Å². The van der Waals surface area contributed by atoms with Gasteiger partial charge in [-0.25, -0.2) is 9.18 Å². The Kier molecular flexibility index (Phi) is 6.28. The molecule has 0 fully saturated rings. The van der Waals surface area contributed by atoms with Gasteiger partial charge in [-0.15, -0.1) is 0 Å². The second-order valence-electron chi connectivity index (χ2n) is 5.91. The van der Waals surface area contributed by atoms with Crippen LogP contribution >= 0.6 is 0 Å². The first-order valence-electron chi connectivity index (χ1n) is 7.13. The van der Waals surface area contributed by atoms with Gasteiger partial charge < -0.3 is 10.1 Å². The highest BCUT2D eigenvalue weighted by Gasteiger charge is 2.15. The molecule has 1 aromatic carbocycles. The summed E-state index contributed by atoms with van der Waals surface area (Å²) in [5.74, 6) is -0.625. The number of Topliss-reactive ketones (excluding diaryl/α,β-unsaturated/α-hetero) is 1. The predicted octanol–water partition coefficient (Wildman–Crippen LogP) is 3.96. The molecule has 1 N–H and O–H groups in total. The van der Waals surface area contributed by atoms with E-state index >= 15 is 0 Å². The quantitative estimate of drug-likeness (QED) is 0.662. The second kappa shape index (κ2) is 7.73. The minimum absolute atomic E-state index is 0.189. The minimum Gasteiger partial charge on any atom is -0.444 e. The number of rotatable bonds is 5. The molecule has 1 aromatic rings. The van der Waals surface area contributed by atoms with Crippen molar-refractivity contribution >= 4 is 18.0 Å². The molecular weight excluding hydrogens is 285 g/mol. The van der Waals surface area contributed by atoms with Crippen molar-refractivity contribution in [2.75, 3.05) is 6.54 Å². The molecule has 0 bridgehead atoms. The van der Waals surface area contributed by atoms with Crippen LogP contribution in [0.5, 0.6) is 0 Å². The second-order valence-corrected chi connectivity index (χ2v) is 5.91. The van der Waals surface area contributed by atoms with Gasteiger partial charge in [-0.3, -0.25) is 4.79 Å². The standard InChI is InChI=1S/C17H22FNO3/c1-12(20)15-11-14(18)9-8-13(15)7-5-6-10-19-16(21)22-17(2,3)4/h5,7-9,11H,6,10H2,1-4H3,(H,19,21). The molecule has 0 aliphatic carbocycles. The number of ketones is 1. The largest absolute Gasteiger partial charge is 0.444 e. The van der Waals surface area contributed by atoms with E-state index in [1.807, 2.05) is 6.08 Å². The van der Waals surface area contributed by atoms with Gasteiger partial charge >= 0.3 is 6.09 Å². The number of hydrogen-bond acceptors (Lipinski definition) is 3. The van der Waals surface area contributed by atoms with Gasteiger partial charge in [0.15, 0.2) is 5.78 Å². The highest BCUT2D eigenvalue weighted by molar-refractivity contribution is 5.97. The molecule has 5 heteroatoms. The molecule has 0 unspecified atom stereocenters. The summed E-state index contributed by atoms with van der Waals surface area (Å²) in [6, 6.07) is 4.09. The number of alkyl carbamates (subject to hydrolysis) is 1. The highest BCUT2D eigenvalue weighted by Crippen LogP contribution is 2.14. The van der Waals surface area contributed by atoms with Crippen LogP contribution in [0.2, 0.25) is 0 Å². The van der Waals surface area contributed by atoms with Gasteiger partial charge in [0, 0.05) is 12.1 Å². The number of amides is 1. The number of ether oxygens (including phenoxy) is 1. The van der Waals surface area contributed by atoms with E-state index in [1.54, 1.807) is 32.9 Å². The first-order valence-corrected chi connectivity index (χ1v) is 7.13. The van der Waals surface area contributed by atoms with Crippen molar-refractivity contribution in [3.05, 3.63) is 41.2 Å². The Hall–Kier alpha value is -2.17. The van der Waals surface area contributed by atoms with Crippen LogP contribution in [-0.4, -0.2) is 24.0 Å². The Bertz CT molecular complexity index is 574. The fourth-order valence-corrected chi connectivity index (χ4v) is 1.76. The van der Waals surface area contributed by atoms with Gasteiger partial charge in [0.05, 0.1) is 0 Å². The monoisotopic (exact) mass is 307 g/mol. The Morgan fingerprint density at radius 1 is 1.32 bits per heavy atom. The van der Waals surface area contributed by atoms with Crippen LogP contribution in [0.1, 0.15) is 50.0 Å². The van der Waals surface area contributed by atoms with Crippen molar-refractivity contribution in [2.45, 2.75) is 39.7 Å². The van der Waals surface area contributed by atoms with Crippen molar-refractivity contribution in [1.82, 2.24) is 5.32 Å². The molecule has 0 spiro atoms. The van der Waals surface area contributed by atoms with Crippen molar-refractivity contribution in [3.63, 3.8) is 0 Å². The normalized spacial score (nSPS) is 11.5. The summed E-state index contributed by atoms with van der Waals surface area (Å²) in [5, 5.41) is 2.63. The maximum atomic E-state index is 13.1. The third kappa shape index (κ3) is 6.52. The summed E-state index contributed by atoms with van der Waals surface area (Å²) in [4.78, 5) is 22.9. The molecule has 0 saturated heterocycles. The molecule has 4 nitrogen and oxygen atoms in total. The smallest absolute Gasteiger partial charge is 0.407 e. The zero-order valence-electron chi connectivity index (χ0n) is 13.4. The molecule has 0 aliphatic heterocycles. The average molecular weight is 307 g/mol. The van der Waals surface area contributed by atoms with Crippen LogP contribution in [-0.2, 0) is 4.74 Å².